The van der Waals surface area contributed by atoms with E-state index in [-0.39, 0.29) is 15.9 Å². The highest BCUT2D eigenvalue weighted by Gasteiger charge is 2.36. The maximum Gasteiger partial charge on any atom is 0.356 e. The fraction of sp³-hybridized carbons (Fsp3) is 0.333. The molecule has 96 valence electrons. The lowest BCUT2D eigenvalue weighted by molar-refractivity contribution is -0.132. The fourth-order valence-corrected chi connectivity index (χ4v) is 3.26. The van der Waals surface area contributed by atoms with E-state index in [1.807, 2.05) is 0 Å². The van der Waals surface area contributed by atoms with Gasteiger partial charge in [0.05, 0.1) is 17.3 Å². The minimum Gasteiger partial charge on any atom is -0.464 e. The third kappa shape index (κ3) is 2.28. The van der Waals surface area contributed by atoms with Gasteiger partial charge in [0, 0.05) is 5.56 Å². The molecule has 0 amide bonds. The van der Waals surface area contributed by atoms with Crippen LogP contribution in [0.2, 0.25) is 0 Å². The maximum atomic E-state index is 11.9. The summed E-state index contributed by atoms with van der Waals surface area (Å²) in [6.45, 7) is 0. The van der Waals surface area contributed by atoms with E-state index in [1.54, 1.807) is 0 Å². The van der Waals surface area contributed by atoms with Crippen LogP contribution in [0.4, 0.5) is 0 Å². The van der Waals surface area contributed by atoms with E-state index in [4.69, 9.17) is 5.41 Å². The molecule has 0 bridgehead atoms. The van der Waals surface area contributed by atoms with Crippen LogP contribution in [0.15, 0.2) is 29.2 Å². The second-order valence-corrected chi connectivity index (χ2v) is 6.36. The lowest BCUT2D eigenvalue weighted by Gasteiger charge is -2.05. The molecule has 5 nitrogen and oxygen atoms in total. The summed E-state index contributed by atoms with van der Waals surface area (Å²) >= 11 is 0. The molecule has 1 saturated carbocycles. The van der Waals surface area contributed by atoms with Gasteiger partial charge >= 0.3 is 5.97 Å². The van der Waals surface area contributed by atoms with E-state index in [0.717, 1.165) is 0 Å². The quantitative estimate of drug-likeness (QED) is 0.655. The highest BCUT2D eigenvalue weighted by atomic mass is 32.2. The Balaban J connectivity index is 2.25. The van der Waals surface area contributed by atoms with E-state index >= 15 is 0 Å². The number of rotatable bonds is 4. The summed E-state index contributed by atoms with van der Waals surface area (Å²) in [4.78, 5) is 11.4. The zero-order chi connectivity index (χ0) is 13.3. The zero-order valence-corrected chi connectivity index (χ0v) is 10.7. The number of carbonyl (C=O) groups excluding carboxylic acids is 1. The molecule has 0 aromatic heterocycles. The lowest BCUT2D eigenvalue weighted by Crippen LogP contribution is -2.16. The Morgan fingerprint density at radius 2 is 1.83 bits per heavy atom. The normalized spacial score (nSPS) is 15.2. The molecule has 1 aliphatic carbocycles. The molecule has 1 N–H and O–H groups in total. The van der Waals surface area contributed by atoms with E-state index in [9.17, 15) is 13.2 Å². The number of hydrogen-bond donors (Lipinski definition) is 1. The van der Waals surface area contributed by atoms with Crippen LogP contribution in [-0.2, 0) is 19.4 Å². The van der Waals surface area contributed by atoms with Crippen molar-refractivity contribution in [2.24, 2.45) is 0 Å². The minimum absolute atomic E-state index is 0.242. The second kappa shape index (κ2) is 4.53. The predicted molar refractivity (Wildman–Crippen MR) is 65.5 cm³/mol. The van der Waals surface area contributed by atoms with Gasteiger partial charge in [-0.15, -0.1) is 0 Å². The van der Waals surface area contributed by atoms with E-state index in [0.29, 0.717) is 18.4 Å². The minimum atomic E-state index is -3.22. The molecule has 0 unspecified atom stereocenters. The smallest absolute Gasteiger partial charge is 0.356 e. The molecule has 2 rings (SSSR count). The Labute approximate surface area is 105 Å². The monoisotopic (exact) mass is 267 g/mol. The van der Waals surface area contributed by atoms with Gasteiger partial charge < -0.3 is 4.74 Å². The summed E-state index contributed by atoms with van der Waals surface area (Å²) in [6.07, 6.45) is 1.42. The SMILES string of the molecule is COC(=O)C(=N)c1ccc(S(=O)(=O)C2CC2)cc1. The van der Waals surface area contributed by atoms with Gasteiger partial charge in [-0.1, -0.05) is 12.1 Å². The molecular formula is C12H13NO4S. The molecule has 1 aromatic carbocycles. The molecule has 1 aromatic rings. The number of nitrogens with one attached hydrogen (secondary N) is 1. The van der Waals surface area contributed by atoms with Gasteiger partial charge in [-0.3, -0.25) is 5.41 Å². The largest absolute Gasteiger partial charge is 0.464 e. The molecular weight excluding hydrogens is 254 g/mol. The van der Waals surface area contributed by atoms with Gasteiger partial charge in [0.25, 0.3) is 0 Å². The lowest BCUT2D eigenvalue weighted by atomic mass is 10.1. The number of methoxy groups -OCH3 is 1. The second-order valence-electron chi connectivity index (χ2n) is 4.14. The Morgan fingerprint density at radius 1 is 1.28 bits per heavy atom. The average molecular weight is 267 g/mol. The summed E-state index contributed by atoms with van der Waals surface area (Å²) in [7, 11) is -2.02. The number of benzene rings is 1. The van der Waals surface area contributed by atoms with Crippen molar-refractivity contribution < 1.29 is 17.9 Å². The molecule has 0 atom stereocenters. The summed E-state index contributed by atoms with van der Waals surface area (Å²) in [5.74, 6) is -0.743. The van der Waals surface area contributed by atoms with Crippen LogP contribution in [0.3, 0.4) is 0 Å². The number of sulfone groups is 1. The Bertz CT molecular complexity index is 585. The molecule has 1 fully saturated rings. The predicted octanol–water partition coefficient (Wildman–Crippen LogP) is 1.16. The van der Waals surface area contributed by atoms with Crippen molar-refractivity contribution in [1.29, 1.82) is 5.41 Å². The maximum absolute atomic E-state index is 11.9. The standard InChI is InChI=1S/C12H13NO4S/c1-17-12(14)11(13)8-2-4-9(5-3-8)18(15,16)10-6-7-10/h2-5,10,13H,6-7H2,1H3. The van der Waals surface area contributed by atoms with Crippen molar-refractivity contribution in [2.45, 2.75) is 23.0 Å². The van der Waals surface area contributed by atoms with Crippen molar-refractivity contribution in [1.82, 2.24) is 0 Å². The van der Waals surface area contributed by atoms with Gasteiger partial charge in [-0.05, 0) is 25.0 Å². The topological polar surface area (TPSA) is 84.3 Å². The van der Waals surface area contributed by atoms with Gasteiger partial charge in [0.1, 0.15) is 5.71 Å². The summed E-state index contributed by atoms with van der Waals surface area (Å²) in [5.41, 5.74) is 0.0597. The highest BCUT2D eigenvalue weighted by molar-refractivity contribution is 7.92. The third-order valence-corrected chi connectivity index (χ3v) is 5.10. The summed E-state index contributed by atoms with van der Waals surface area (Å²) in [6, 6.07) is 5.77. The number of hydrogen-bond acceptors (Lipinski definition) is 5. The Kier molecular flexibility index (Phi) is 3.21. The van der Waals surface area contributed by atoms with Crippen LogP contribution in [-0.4, -0.2) is 32.5 Å². The van der Waals surface area contributed by atoms with Gasteiger partial charge in [0.2, 0.25) is 0 Å². The van der Waals surface area contributed by atoms with Crippen LogP contribution in [0.1, 0.15) is 18.4 Å². The molecule has 0 aliphatic heterocycles. The first kappa shape index (κ1) is 12.8. The average Bonchev–Trinajstić information content (AvgIpc) is 3.21. The molecule has 0 saturated heterocycles. The molecule has 0 spiro atoms. The highest BCUT2D eigenvalue weighted by Crippen LogP contribution is 2.33. The van der Waals surface area contributed by atoms with Gasteiger partial charge in [-0.2, -0.15) is 0 Å². The molecule has 6 heteroatoms. The number of esters is 1. The van der Waals surface area contributed by atoms with E-state index in [2.05, 4.69) is 4.74 Å². The van der Waals surface area contributed by atoms with Gasteiger partial charge in [0.15, 0.2) is 9.84 Å². The zero-order valence-electron chi connectivity index (χ0n) is 9.84. The number of ether oxygens (including phenoxy) is 1. The molecule has 1 aliphatic rings. The van der Waals surface area contributed by atoms with Crippen molar-refractivity contribution in [3.05, 3.63) is 29.8 Å². The van der Waals surface area contributed by atoms with E-state index in [1.165, 1.54) is 31.4 Å². The fourth-order valence-electron chi connectivity index (χ4n) is 1.60. The summed E-state index contributed by atoms with van der Waals surface area (Å²) in [5, 5.41) is 7.27. The van der Waals surface area contributed by atoms with Crippen molar-refractivity contribution in [2.75, 3.05) is 7.11 Å². The van der Waals surface area contributed by atoms with Crippen LogP contribution in [0.5, 0.6) is 0 Å². The van der Waals surface area contributed by atoms with Crippen molar-refractivity contribution in [3.8, 4) is 0 Å². The molecule has 0 radical (unpaired) electrons. The van der Waals surface area contributed by atoms with Crippen LogP contribution in [0, 0.1) is 5.41 Å². The molecule has 0 heterocycles. The first-order valence-corrected chi connectivity index (χ1v) is 7.02. The van der Waals surface area contributed by atoms with Crippen molar-refractivity contribution in [3.63, 3.8) is 0 Å². The van der Waals surface area contributed by atoms with Crippen LogP contribution in [0.25, 0.3) is 0 Å². The van der Waals surface area contributed by atoms with Gasteiger partial charge in [-0.25, -0.2) is 13.2 Å². The Hall–Kier alpha value is -1.69. The van der Waals surface area contributed by atoms with E-state index < -0.39 is 15.8 Å². The summed E-state index contributed by atoms with van der Waals surface area (Å²) < 4.78 is 28.3. The van der Waals surface area contributed by atoms with Crippen LogP contribution < -0.4 is 0 Å². The van der Waals surface area contributed by atoms with Crippen molar-refractivity contribution >= 4 is 21.5 Å². The number of carbonyl (C=O) groups is 1. The molecule has 18 heavy (non-hydrogen) atoms. The van der Waals surface area contributed by atoms with Crippen LogP contribution >= 0.6 is 0 Å². The first-order chi connectivity index (χ1) is 8.46. The first-order valence-electron chi connectivity index (χ1n) is 5.48. The Morgan fingerprint density at radius 3 is 2.28 bits per heavy atom. The third-order valence-electron chi connectivity index (χ3n) is 2.82.